The highest BCUT2D eigenvalue weighted by molar-refractivity contribution is 7.99. The van der Waals surface area contributed by atoms with Crippen LogP contribution in [0, 0.1) is 0 Å². The molecule has 1 unspecified atom stereocenters. The summed E-state index contributed by atoms with van der Waals surface area (Å²) in [6, 6.07) is -4.33. The van der Waals surface area contributed by atoms with Gasteiger partial charge < -0.3 is 38.3 Å². The van der Waals surface area contributed by atoms with Gasteiger partial charge in [0.1, 0.15) is 18.1 Å². The molecule has 13 nitrogen and oxygen atoms in total. The topological polar surface area (TPSA) is 237 Å². The van der Waals surface area contributed by atoms with Gasteiger partial charge in [0, 0.05) is 24.3 Å². The van der Waals surface area contributed by atoms with Gasteiger partial charge in [-0.1, -0.05) is 58.3 Å². The number of nitrogens with two attached hydrogens (primary N) is 3. The summed E-state index contributed by atoms with van der Waals surface area (Å²) >= 11 is 1.10. The van der Waals surface area contributed by atoms with Crippen molar-refractivity contribution in [1.82, 2.24) is 16.0 Å². The summed E-state index contributed by atoms with van der Waals surface area (Å²) in [5, 5.41) is 16.8. The van der Waals surface area contributed by atoms with E-state index in [1.165, 1.54) is 39.0 Å². The van der Waals surface area contributed by atoms with E-state index in [-0.39, 0.29) is 36.7 Å². The summed E-state index contributed by atoms with van der Waals surface area (Å²) in [4.78, 5) is 71.2. The number of thioether (sulfide) groups is 1. The number of rotatable bonds is 24. The zero-order chi connectivity index (χ0) is 30.5. The van der Waals surface area contributed by atoms with Gasteiger partial charge in [-0.15, -0.1) is 0 Å². The number of primary amides is 2. The molecule has 230 valence electrons. The van der Waals surface area contributed by atoms with Gasteiger partial charge in [-0.2, -0.15) is 11.8 Å². The van der Waals surface area contributed by atoms with Gasteiger partial charge in [0.05, 0.1) is 6.04 Å². The predicted octanol–water partition coefficient (Wildman–Crippen LogP) is 0.278. The second kappa shape index (κ2) is 21.9. The SMILES string of the molecule is CCCCCCCCCCCC(=O)N[C@@H](C)C(=O)N[C@H](CCC(=O)N[C@@H](CSCC(N)C(N)=O)C(N)=O)C(=O)O. The normalized spacial score (nSPS) is 13.9. The number of aliphatic carboxylic acids is 1. The Labute approximate surface area is 240 Å². The number of carboxylic acid groups (broad SMARTS) is 1. The van der Waals surface area contributed by atoms with Crippen molar-refractivity contribution in [2.45, 2.75) is 115 Å². The molecule has 0 aliphatic carbocycles. The monoisotopic (exact) mass is 588 g/mol. The van der Waals surface area contributed by atoms with E-state index >= 15 is 0 Å². The standard InChI is InChI=1S/C26H48N6O7S/c1-3-4-5-6-7-8-9-10-11-12-21(33)30-17(2)25(37)32-19(26(38)39)13-14-22(34)31-20(24(29)36)16-40-15-18(27)23(28)35/h17-20H,3-16,27H2,1-2H3,(H2,28,35)(H2,29,36)(H,30,33)(H,31,34)(H,32,37)(H,38,39)/t17-,18?,19+,20-/m0/s1. The average Bonchev–Trinajstić information content (AvgIpc) is 2.88. The minimum absolute atomic E-state index is 0.0391. The van der Waals surface area contributed by atoms with E-state index in [9.17, 15) is 33.9 Å². The van der Waals surface area contributed by atoms with Crippen LogP contribution in [0.2, 0.25) is 0 Å². The molecule has 0 aliphatic heterocycles. The fourth-order valence-corrected chi connectivity index (χ4v) is 4.70. The number of nitrogens with one attached hydrogen (secondary N) is 3. The molecule has 0 radical (unpaired) electrons. The Morgan fingerprint density at radius 3 is 1.80 bits per heavy atom. The molecule has 0 spiro atoms. The van der Waals surface area contributed by atoms with Crippen molar-refractivity contribution in [2.75, 3.05) is 11.5 Å². The van der Waals surface area contributed by atoms with E-state index in [1.807, 2.05) is 0 Å². The van der Waals surface area contributed by atoms with Crippen LogP contribution in [0.5, 0.6) is 0 Å². The van der Waals surface area contributed by atoms with Gasteiger partial charge in [0.2, 0.25) is 29.5 Å². The van der Waals surface area contributed by atoms with Crippen LogP contribution in [-0.2, 0) is 28.8 Å². The molecule has 4 atom stereocenters. The summed E-state index contributed by atoms with van der Waals surface area (Å²) < 4.78 is 0. The van der Waals surface area contributed by atoms with Crippen molar-refractivity contribution < 1.29 is 33.9 Å². The molecule has 0 aliphatic rings. The smallest absolute Gasteiger partial charge is 0.326 e. The van der Waals surface area contributed by atoms with Crippen LogP contribution in [0.25, 0.3) is 0 Å². The lowest BCUT2D eigenvalue weighted by molar-refractivity contribution is -0.142. The van der Waals surface area contributed by atoms with E-state index in [2.05, 4.69) is 22.9 Å². The molecule has 0 rings (SSSR count). The molecule has 14 heteroatoms. The Bertz CT molecular complexity index is 829. The van der Waals surface area contributed by atoms with E-state index in [0.717, 1.165) is 31.0 Å². The predicted molar refractivity (Wildman–Crippen MR) is 154 cm³/mol. The highest BCUT2D eigenvalue weighted by Gasteiger charge is 2.26. The van der Waals surface area contributed by atoms with Crippen molar-refractivity contribution in [3.05, 3.63) is 0 Å². The van der Waals surface area contributed by atoms with Crippen LogP contribution in [0.3, 0.4) is 0 Å². The summed E-state index contributed by atoms with van der Waals surface area (Å²) in [6.45, 7) is 3.64. The summed E-state index contributed by atoms with van der Waals surface area (Å²) in [5.41, 5.74) is 15.9. The Kier molecular flexibility index (Phi) is 20.3. The van der Waals surface area contributed by atoms with Crippen LogP contribution in [0.1, 0.15) is 90.9 Å². The molecule has 10 N–H and O–H groups in total. The minimum Gasteiger partial charge on any atom is -0.480 e. The molecule has 0 saturated carbocycles. The van der Waals surface area contributed by atoms with E-state index in [0.29, 0.717) is 6.42 Å². The van der Waals surface area contributed by atoms with Crippen LogP contribution < -0.4 is 33.2 Å². The number of carbonyl (C=O) groups excluding carboxylic acids is 5. The van der Waals surface area contributed by atoms with Crippen molar-refractivity contribution in [3.8, 4) is 0 Å². The molecule has 0 fully saturated rings. The molecule has 0 aromatic rings. The number of hydrogen-bond donors (Lipinski definition) is 7. The molecule has 0 aromatic heterocycles. The van der Waals surface area contributed by atoms with Crippen LogP contribution in [-0.4, -0.2) is 76.3 Å². The summed E-state index contributed by atoms with van der Waals surface area (Å²) in [7, 11) is 0. The first-order chi connectivity index (χ1) is 18.9. The lowest BCUT2D eigenvalue weighted by Gasteiger charge is -2.20. The fraction of sp³-hybridized carbons (Fsp3) is 0.769. The molecular formula is C26H48N6O7S. The maximum absolute atomic E-state index is 12.5. The van der Waals surface area contributed by atoms with Gasteiger partial charge in [0.25, 0.3) is 0 Å². The Morgan fingerprint density at radius 2 is 1.27 bits per heavy atom. The molecule has 0 bridgehead atoms. The third kappa shape index (κ3) is 18.4. The maximum Gasteiger partial charge on any atom is 0.326 e. The maximum atomic E-state index is 12.5. The van der Waals surface area contributed by atoms with Gasteiger partial charge in [-0.25, -0.2) is 4.79 Å². The number of carboxylic acids is 1. The van der Waals surface area contributed by atoms with Crippen LogP contribution in [0.15, 0.2) is 0 Å². The molecule has 0 saturated heterocycles. The van der Waals surface area contributed by atoms with Gasteiger partial charge in [-0.3, -0.25) is 24.0 Å². The zero-order valence-electron chi connectivity index (χ0n) is 23.7. The molecule has 0 aromatic carbocycles. The van der Waals surface area contributed by atoms with E-state index in [1.54, 1.807) is 0 Å². The van der Waals surface area contributed by atoms with Crippen molar-refractivity contribution in [1.29, 1.82) is 0 Å². The fourth-order valence-electron chi connectivity index (χ4n) is 3.66. The van der Waals surface area contributed by atoms with Gasteiger partial charge in [-0.05, 0) is 19.8 Å². The molecule has 40 heavy (non-hydrogen) atoms. The molecule has 5 amide bonds. The Hall–Kier alpha value is -2.87. The number of carbonyl (C=O) groups is 6. The number of amides is 5. The first kappa shape index (κ1) is 37.1. The van der Waals surface area contributed by atoms with Crippen molar-refractivity contribution in [3.63, 3.8) is 0 Å². The quantitative estimate of drug-likeness (QED) is 0.0765. The van der Waals surface area contributed by atoms with Gasteiger partial charge in [0.15, 0.2) is 0 Å². The lowest BCUT2D eigenvalue weighted by Crippen LogP contribution is -2.51. The summed E-state index contributed by atoms with van der Waals surface area (Å²) in [6.07, 6.45) is 9.76. The average molecular weight is 589 g/mol. The van der Waals surface area contributed by atoms with E-state index < -0.39 is 53.8 Å². The van der Waals surface area contributed by atoms with Crippen molar-refractivity contribution in [2.24, 2.45) is 17.2 Å². The van der Waals surface area contributed by atoms with Crippen molar-refractivity contribution >= 4 is 47.3 Å². The Balaban J connectivity index is 4.45. The first-order valence-corrected chi connectivity index (χ1v) is 15.1. The minimum atomic E-state index is -1.38. The summed E-state index contributed by atoms with van der Waals surface area (Å²) in [5.74, 6) is -4.34. The Morgan fingerprint density at radius 1 is 0.725 bits per heavy atom. The highest BCUT2D eigenvalue weighted by Crippen LogP contribution is 2.11. The third-order valence-electron chi connectivity index (χ3n) is 6.18. The molecular weight excluding hydrogens is 540 g/mol. The highest BCUT2D eigenvalue weighted by atomic mass is 32.2. The molecule has 0 heterocycles. The lowest BCUT2D eigenvalue weighted by atomic mass is 10.1. The third-order valence-corrected chi connectivity index (χ3v) is 7.34. The zero-order valence-corrected chi connectivity index (χ0v) is 24.6. The number of hydrogen-bond acceptors (Lipinski definition) is 8. The second-order valence-electron chi connectivity index (χ2n) is 9.87. The van der Waals surface area contributed by atoms with E-state index in [4.69, 9.17) is 17.2 Å². The largest absolute Gasteiger partial charge is 0.480 e. The second-order valence-corrected chi connectivity index (χ2v) is 10.9. The van der Waals surface area contributed by atoms with Crippen LogP contribution in [0.4, 0.5) is 0 Å². The first-order valence-electron chi connectivity index (χ1n) is 13.9. The van der Waals surface area contributed by atoms with Gasteiger partial charge >= 0.3 is 5.97 Å². The van der Waals surface area contributed by atoms with Crippen LogP contribution >= 0.6 is 11.8 Å². The number of unbranched alkanes of at least 4 members (excludes halogenated alkanes) is 8.